The Kier molecular flexibility index (Phi) is 3.36. The zero-order valence-electron chi connectivity index (χ0n) is 5.93. The lowest BCUT2D eigenvalue weighted by Crippen LogP contribution is -1.99. The second-order valence-corrected chi connectivity index (χ2v) is 4.75. The Bertz CT molecular complexity index is 273. The maximum absolute atomic E-state index is 5.65. The van der Waals surface area contributed by atoms with Gasteiger partial charge in [0, 0.05) is 10.9 Å². The zero-order valence-corrected chi connectivity index (χ0v) is 9.01. The molecule has 0 atom stereocenters. The van der Waals surface area contributed by atoms with Crippen molar-refractivity contribution in [3.8, 4) is 0 Å². The predicted molar refractivity (Wildman–Crippen MR) is 58.4 cm³/mol. The van der Waals surface area contributed by atoms with Gasteiger partial charge < -0.3 is 0 Å². The highest BCUT2D eigenvalue weighted by molar-refractivity contribution is 7.79. The number of hydrogen-bond acceptors (Lipinski definition) is 1. The molecule has 4 heteroatoms. The molecule has 0 spiro atoms. The topological polar surface area (TPSA) is 0 Å². The summed E-state index contributed by atoms with van der Waals surface area (Å²) in [6, 6.07) is 7.10. The molecule has 0 aliphatic carbocycles. The van der Waals surface area contributed by atoms with E-state index in [1.54, 1.807) is 17.5 Å². The molecule has 0 amide bonds. The summed E-state index contributed by atoms with van der Waals surface area (Å²) in [5.41, 5.74) is 1.58. The Morgan fingerprint density at radius 2 is 1.58 bits per heavy atom. The Balaban J connectivity index is 3.00. The van der Waals surface area contributed by atoms with Crippen molar-refractivity contribution < 1.29 is 0 Å². The van der Waals surface area contributed by atoms with Gasteiger partial charge in [-0.2, -0.15) is 0 Å². The summed E-state index contributed by atoms with van der Waals surface area (Å²) in [7, 11) is 0. The lowest BCUT2D eigenvalue weighted by molar-refractivity contribution is 1.24. The van der Waals surface area contributed by atoms with Gasteiger partial charge >= 0.3 is 0 Å². The molecule has 0 aliphatic heterocycles. The van der Waals surface area contributed by atoms with Gasteiger partial charge in [0.05, 0.1) is 0 Å². The maximum Gasteiger partial charge on any atom is 0.216 e. The van der Waals surface area contributed by atoms with E-state index >= 15 is 0 Å². The Hall–Kier alpha value is 0.180. The Morgan fingerprint density at radius 3 is 1.92 bits per heavy atom. The van der Waals surface area contributed by atoms with Crippen molar-refractivity contribution in [2.75, 3.05) is 0 Å². The molecule has 0 aliphatic rings. The fourth-order valence-corrected chi connectivity index (χ4v) is 1.29. The average molecular weight is 240 g/mol. The van der Waals surface area contributed by atoms with Crippen LogP contribution in [-0.2, 0) is 3.79 Å². The molecule has 64 valence electrons. The fraction of sp³-hybridized carbons (Fsp3) is 0.125. The summed E-state index contributed by atoms with van der Waals surface area (Å²) in [6.45, 7) is 0. The van der Waals surface area contributed by atoms with E-state index in [4.69, 9.17) is 47.0 Å². The third kappa shape index (κ3) is 2.60. The number of halogens is 3. The normalized spacial score (nSPS) is 11.2. The van der Waals surface area contributed by atoms with Crippen molar-refractivity contribution in [1.82, 2.24) is 0 Å². The minimum Gasteiger partial charge on any atom is -0.0881 e. The van der Waals surface area contributed by atoms with Gasteiger partial charge in [0.25, 0.3) is 0 Å². The third-order valence-corrected chi connectivity index (χ3v) is 2.30. The number of benzene rings is 1. The highest BCUT2D eigenvalue weighted by Crippen LogP contribution is 2.37. The average Bonchev–Trinajstić information content (AvgIpc) is 2.03. The molecule has 0 radical (unpaired) electrons. The largest absolute Gasteiger partial charge is 0.216 e. The van der Waals surface area contributed by atoms with Crippen LogP contribution in [0.4, 0.5) is 0 Å². The van der Waals surface area contributed by atoms with Gasteiger partial charge in [0.1, 0.15) is 0 Å². The molecule has 0 N–H and O–H groups in total. The van der Waals surface area contributed by atoms with Gasteiger partial charge in [-0.25, -0.2) is 0 Å². The van der Waals surface area contributed by atoms with Gasteiger partial charge in [-0.15, -0.1) is 0 Å². The quantitative estimate of drug-likeness (QED) is 0.530. The summed E-state index contributed by atoms with van der Waals surface area (Å²) in [5, 5.41) is 1.57. The zero-order chi connectivity index (χ0) is 9.19. The smallest absolute Gasteiger partial charge is 0.0881 e. The first-order chi connectivity index (χ1) is 5.54. The molecule has 0 saturated heterocycles. The molecule has 1 rings (SSSR count). The van der Waals surface area contributed by atoms with Gasteiger partial charge in [0.2, 0.25) is 3.79 Å². The fourth-order valence-electron chi connectivity index (χ4n) is 0.751. The van der Waals surface area contributed by atoms with Crippen LogP contribution in [0, 0.1) is 0 Å². The number of thiocarbonyl (C=S) groups is 1. The number of hydrogen-bond donors (Lipinski definition) is 0. The van der Waals surface area contributed by atoms with Crippen LogP contribution in [0.1, 0.15) is 11.1 Å². The highest BCUT2D eigenvalue weighted by atomic mass is 35.6. The van der Waals surface area contributed by atoms with E-state index in [0.29, 0.717) is 5.56 Å². The number of rotatable bonds is 1. The molecule has 0 heterocycles. The van der Waals surface area contributed by atoms with Gasteiger partial charge in [-0.05, 0) is 5.56 Å². The number of alkyl halides is 3. The maximum atomic E-state index is 5.65. The van der Waals surface area contributed by atoms with E-state index in [1.807, 2.05) is 12.1 Å². The molecular weight excluding hydrogens is 235 g/mol. The second kappa shape index (κ2) is 3.93. The van der Waals surface area contributed by atoms with Crippen LogP contribution in [0.3, 0.4) is 0 Å². The summed E-state index contributed by atoms with van der Waals surface area (Å²) >= 11 is 21.7. The standard InChI is InChI=1S/C8H5Cl3S/c9-8(10,11)7-3-1-6(5-12)2-4-7/h1-5H. The summed E-state index contributed by atoms with van der Waals surface area (Å²) < 4.78 is -1.35. The summed E-state index contributed by atoms with van der Waals surface area (Å²) in [4.78, 5) is 0. The molecule has 1 aromatic rings. The van der Waals surface area contributed by atoms with Crippen LogP contribution in [0.5, 0.6) is 0 Å². The van der Waals surface area contributed by atoms with Gasteiger partial charge in [0.15, 0.2) is 0 Å². The van der Waals surface area contributed by atoms with E-state index in [1.165, 1.54) is 0 Å². The van der Waals surface area contributed by atoms with Crippen LogP contribution in [-0.4, -0.2) is 5.37 Å². The first-order valence-electron chi connectivity index (χ1n) is 3.16. The Morgan fingerprint density at radius 1 is 1.08 bits per heavy atom. The van der Waals surface area contributed by atoms with Gasteiger partial charge in [-0.1, -0.05) is 71.3 Å². The van der Waals surface area contributed by atoms with Crippen molar-refractivity contribution in [3.05, 3.63) is 35.4 Å². The van der Waals surface area contributed by atoms with Crippen molar-refractivity contribution in [1.29, 1.82) is 0 Å². The monoisotopic (exact) mass is 238 g/mol. The second-order valence-electron chi connectivity index (χ2n) is 2.24. The SMILES string of the molecule is S=Cc1ccc(C(Cl)(Cl)Cl)cc1. The van der Waals surface area contributed by atoms with Crippen LogP contribution in [0.2, 0.25) is 0 Å². The summed E-state index contributed by atoms with van der Waals surface area (Å²) in [5.74, 6) is 0. The molecule has 12 heavy (non-hydrogen) atoms. The Labute approximate surface area is 91.4 Å². The van der Waals surface area contributed by atoms with Gasteiger partial charge in [-0.3, -0.25) is 0 Å². The molecule has 0 saturated carbocycles. The van der Waals surface area contributed by atoms with E-state index < -0.39 is 3.79 Å². The molecule has 0 nitrogen and oxygen atoms in total. The van der Waals surface area contributed by atoms with E-state index in [0.717, 1.165) is 5.56 Å². The van der Waals surface area contributed by atoms with Crippen molar-refractivity contribution >= 4 is 52.4 Å². The van der Waals surface area contributed by atoms with Crippen LogP contribution in [0.25, 0.3) is 0 Å². The molecule has 0 fully saturated rings. The van der Waals surface area contributed by atoms with Crippen molar-refractivity contribution in [3.63, 3.8) is 0 Å². The summed E-state index contributed by atoms with van der Waals surface area (Å²) in [6.07, 6.45) is 0. The van der Waals surface area contributed by atoms with Crippen LogP contribution < -0.4 is 0 Å². The van der Waals surface area contributed by atoms with E-state index in [9.17, 15) is 0 Å². The van der Waals surface area contributed by atoms with E-state index in [-0.39, 0.29) is 0 Å². The molecule has 1 aromatic carbocycles. The first-order valence-corrected chi connectivity index (χ1v) is 4.77. The van der Waals surface area contributed by atoms with Crippen LogP contribution in [0.15, 0.2) is 24.3 Å². The lowest BCUT2D eigenvalue weighted by Gasteiger charge is -2.10. The lowest BCUT2D eigenvalue weighted by atomic mass is 10.2. The minimum atomic E-state index is -1.35. The molecule has 0 bridgehead atoms. The first kappa shape index (κ1) is 10.3. The molecular formula is C8H5Cl3S. The molecule has 0 aromatic heterocycles. The predicted octanol–water partition coefficient (Wildman–Crippen LogP) is 3.86. The highest BCUT2D eigenvalue weighted by Gasteiger charge is 2.21. The van der Waals surface area contributed by atoms with E-state index in [2.05, 4.69) is 0 Å². The van der Waals surface area contributed by atoms with Crippen LogP contribution >= 0.6 is 47.0 Å². The third-order valence-electron chi connectivity index (χ3n) is 1.37. The molecule has 0 unspecified atom stereocenters. The minimum absolute atomic E-state index is 0.646. The van der Waals surface area contributed by atoms with Crippen molar-refractivity contribution in [2.24, 2.45) is 0 Å². The van der Waals surface area contributed by atoms with Crippen molar-refractivity contribution in [2.45, 2.75) is 3.79 Å².